The lowest BCUT2D eigenvalue weighted by atomic mass is 10.1. The summed E-state index contributed by atoms with van der Waals surface area (Å²) in [6, 6.07) is 17.5. The van der Waals surface area contributed by atoms with Crippen LogP contribution in [0.2, 0.25) is 0 Å². The molecule has 0 heterocycles. The maximum atomic E-state index is 9.07. The second-order valence-corrected chi connectivity index (χ2v) is 4.63. The Kier molecular flexibility index (Phi) is 3.81. The van der Waals surface area contributed by atoms with Crippen LogP contribution in [0.3, 0.4) is 0 Å². The first-order valence-electron chi connectivity index (χ1n) is 5.20. The minimum atomic E-state index is -0.0367. The Balaban J connectivity index is 2.31. The molecule has 0 aromatic heterocycles. The zero-order valence-electron chi connectivity index (χ0n) is 9.13. The molecule has 0 saturated carbocycles. The van der Waals surface area contributed by atoms with Gasteiger partial charge in [0, 0.05) is 9.79 Å². The minimum absolute atomic E-state index is 0.0367. The summed E-state index contributed by atoms with van der Waals surface area (Å²) >= 11 is 1.55. The first-order valence-corrected chi connectivity index (χ1v) is 6.02. The van der Waals surface area contributed by atoms with Gasteiger partial charge in [-0.2, -0.15) is 5.26 Å². The largest absolute Gasteiger partial charge is 0.392 e. The molecule has 0 radical (unpaired) electrons. The zero-order chi connectivity index (χ0) is 12.1. The second kappa shape index (κ2) is 5.53. The lowest BCUT2D eigenvalue weighted by Gasteiger charge is -2.05. The van der Waals surface area contributed by atoms with Crippen LogP contribution < -0.4 is 0 Å². The summed E-state index contributed by atoms with van der Waals surface area (Å²) < 4.78 is 0. The van der Waals surface area contributed by atoms with E-state index in [1.807, 2.05) is 42.5 Å². The normalized spacial score (nSPS) is 9.88. The lowest BCUT2D eigenvalue weighted by molar-refractivity contribution is 0.281. The predicted molar refractivity (Wildman–Crippen MR) is 67.6 cm³/mol. The number of nitrogens with zero attached hydrogens (tertiary/aromatic N) is 1. The van der Waals surface area contributed by atoms with Crippen molar-refractivity contribution in [1.82, 2.24) is 0 Å². The first kappa shape index (κ1) is 11.7. The third kappa shape index (κ3) is 2.88. The second-order valence-electron chi connectivity index (χ2n) is 3.52. The van der Waals surface area contributed by atoms with Crippen LogP contribution in [0, 0.1) is 11.3 Å². The Morgan fingerprint density at radius 2 is 1.88 bits per heavy atom. The fourth-order valence-electron chi connectivity index (χ4n) is 1.47. The van der Waals surface area contributed by atoms with Gasteiger partial charge in [0.05, 0.1) is 12.2 Å². The van der Waals surface area contributed by atoms with Gasteiger partial charge in [0.2, 0.25) is 0 Å². The van der Waals surface area contributed by atoms with Gasteiger partial charge in [0.15, 0.2) is 0 Å². The van der Waals surface area contributed by atoms with Crippen molar-refractivity contribution in [2.24, 2.45) is 0 Å². The van der Waals surface area contributed by atoms with Crippen LogP contribution in [0.15, 0.2) is 58.3 Å². The van der Waals surface area contributed by atoms with Gasteiger partial charge in [-0.15, -0.1) is 0 Å². The van der Waals surface area contributed by atoms with E-state index in [2.05, 4.69) is 6.07 Å². The van der Waals surface area contributed by atoms with Gasteiger partial charge in [-0.05, 0) is 29.8 Å². The van der Waals surface area contributed by atoms with Crippen molar-refractivity contribution in [3.05, 3.63) is 59.7 Å². The Bertz CT molecular complexity index is 546. The summed E-state index contributed by atoms with van der Waals surface area (Å²) in [5, 5.41) is 18.1. The molecule has 2 rings (SSSR count). The van der Waals surface area contributed by atoms with E-state index in [-0.39, 0.29) is 6.61 Å². The van der Waals surface area contributed by atoms with Crippen molar-refractivity contribution < 1.29 is 5.11 Å². The topological polar surface area (TPSA) is 44.0 Å². The number of nitriles is 1. The maximum Gasteiger partial charge on any atom is 0.100 e. The molecule has 0 fully saturated rings. The molecule has 0 bridgehead atoms. The average Bonchev–Trinajstić information content (AvgIpc) is 2.40. The van der Waals surface area contributed by atoms with Gasteiger partial charge < -0.3 is 5.11 Å². The maximum absolute atomic E-state index is 9.07. The van der Waals surface area contributed by atoms with E-state index in [0.717, 1.165) is 15.4 Å². The third-order valence-corrected chi connectivity index (χ3v) is 3.40. The molecule has 0 unspecified atom stereocenters. The Hall–Kier alpha value is -1.76. The van der Waals surface area contributed by atoms with Crippen molar-refractivity contribution in [3.63, 3.8) is 0 Å². The van der Waals surface area contributed by atoms with Crippen LogP contribution in [0.25, 0.3) is 0 Å². The molecule has 17 heavy (non-hydrogen) atoms. The van der Waals surface area contributed by atoms with E-state index in [1.54, 1.807) is 17.8 Å². The van der Waals surface area contributed by atoms with E-state index in [1.165, 1.54) is 0 Å². The van der Waals surface area contributed by atoms with Crippen LogP contribution in [0.1, 0.15) is 11.1 Å². The molecule has 0 aliphatic rings. The number of hydrogen-bond donors (Lipinski definition) is 1. The lowest BCUT2D eigenvalue weighted by Crippen LogP contribution is -1.87. The predicted octanol–water partition coefficient (Wildman–Crippen LogP) is 3.20. The monoisotopic (exact) mass is 241 g/mol. The number of benzene rings is 2. The fourth-order valence-corrected chi connectivity index (χ4v) is 2.37. The molecule has 0 aliphatic heterocycles. The average molecular weight is 241 g/mol. The summed E-state index contributed by atoms with van der Waals surface area (Å²) in [6.07, 6.45) is 0. The molecule has 0 spiro atoms. The van der Waals surface area contributed by atoms with E-state index >= 15 is 0 Å². The van der Waals surface area contributed by atoms with E-state index < -0.39 is 0 Å². The smallest absolute Gasteiger partial charge is 0.100 e. The summed E-state index contributed by atoms with van der Waals surface area (Å²) in [5.74, 6) is 0. The van der Waals surface area contributed by atoms with Crippen LogP contribution in [0.5, 0.6) is 0 Å². The number of rotatable bonds is 3. The zero-order valence-corrected chi connectivity index (χ0v) is 9.95. The quantitative estimate of drug-likeness (QED) is 0.897. The molecule has 0 saturated heterocycles. The molecular weight excluding hydrogens is 230 g/mol. The van der Waals surface area contributed by atoms with Gasteiger partial charge in [-0.3, -0.25) is 0 Å². The van der Waals surface area contributed by atoms with Gasteiger partial charge in [0.25, 0.3) is 0 Å². The summed E-state index contributed by atoms with van der Waals surface area (Å²) in [5.41, 5.74) is 1.37. The van der Waals surface area contributed by atoms with Crippen molar-refractivity contribution in [2.75, 3.05) is 0 Å². The highest BCUT2D eigenvalue weighted by Gasteiger charge is 2.05. The fraction of sp³-hybridized carbons (Fsp3) is 0.0714. The van der Waals surface area contributed by atoms with Gasteiger partial charge in [-0.25, -0.2) is 0 Å². The molecular formula is C14H11NOS. The van der Waals surface area contributed by atoms with E-state index in [4.69, 9.17) is 10.4 Å². The van der Waals surface area contributed by atoms with Crippen LogP contribution in [0.4, 0.5) is 0 Å². The molecule has 3 heteroatoms. The third-order valence-electron chi connectivity index (χ3n) is 2.32. The number of hydrogen-bond acceptors (Lipinski definition) is 3. The van der Waals surface area contributed by atoms with Crippen molar-refractivity contribution in [2.45, 2.75) is 16.4 Å². The van der Waals surface area contributed by atoms with E-state index in [9.17, 15) is 0 Å². The SMILES string of the molecule is N#Cc1cc(CO)ccc1Sc1ccccc1. The summed E-state index contributed by atoms with van der Waals surface area (Å²) in [4.78, 5) is 2.01. The highest BCUT2D eigenvalue weighted by molar-refractivity contribution is 7.99. The standard InChI is InChI=1S/C14H11NOS/c15-9-12-8-11(10-16)6-7-14(12)17-13-4-2-1-3-5-13/h1-8,16H,10H2. The molecule has 0 amide bonds. The highest BCUT2D eigenvalue weighted by atomic mass is 32.2. The first-order chi connectivity index (χ1) is 8.33. The molecule has 2 aromatic carbocycles. The number of aliphatic hydroxyl groups is 1. The molecule has 2 nitrogen and oxygen atoms in total. The van der Waals surface area contributed by atoms with Crippen molar-refractivity contribution in [1.29, 1.82) is 5.26 Å². The Labute approximate surface area is 105 Å². The van der Waals surface area contributed by atoms with Crippen LogP contribution in [-0.4, -0.2) is 5.11 Å². The Morgan fingerprint density at radius 1 is 1.12 bits per heavy atom. The molecule has 0 atom stereocenters. The Morgan fingerprint density at radius 3 is 2.53 bits per heavy atom. The highest BCUT2D eigenvalue weighted by Crippen LogP contribution is 2.30. The summed E-state index contributed by atoms with van der Waals surface area (Å²) in [6.45, 7) is -0.0367. The van der Waals surface area contributed by atoms with Gasteiger partial charge in [-0.1, -0.05) is 36.0 Å². The van der Waals surface area contributed by atoms with Crippen molar-refractivity contribution in [3.8, 4) is 6.07 Å². The van der Waals surface area contributed by atoms with Crippen LogP contribution in [-0.2, 0) is 6.61 Å². The van der Waals surface area contributed by atoms with Crippen molar-refractivity contribution >= 4 is 11.8 Å². The molecule has 0 aliphatic carbocycles. The molecule has 1 N–H and O–H groups in total. The van der Waals surface area contributed by atoms with Gasteiger partial charge in [0.1, 0.15) is 6.07 Å². The van der Waals surface area contributed by atoms with Crippen LogP contribution >= 0.6 is 11.8 Å². The number of aliphatic hydroxyl groups excluding tert-OH is 1. The molecule has 84 valence electrons. The van der Waals surface area contributed by atoms with Gasteiger partial charge >= 0.3 is 0 Å². The minimum Gasteiger partial charge on any atom is -0.392 e. The molecule has 2 aromatic rings. The van der Waals surface area contributed by atoms with E-state index in [0.29, 0.717) is 5.56 Å². The summed E-state index contributed by atoms with van der Waals surface area (Å²) in [7, 11) is 0.